The van der Waals surface area contributed by atoms with Crippen LogP contribution in [0.25, 0.3) is 11.3 Å². The number of nitrogen functional groups attached to an aromatic ring is 1. The van der Waals surface area contributed by atoms with Crippen molar-refractivity contribution in [3.05, 3.63) is 30.9 Å². The number of nitrogens with two attached hydrogens (primary N) is 1. The average molecular weight is 259 g/mol. The van der Waals surface area contributed by atoms with Crippen LogP contribution < -0.4 is 11.1 Å². The molecule has 6 nitrogen and oxygen atoms in total. The Kier molecular flexibility index (Phi) is 3.79. The van der Waals surface area contributed by atoms with E-state index in [9.17, 15) is 4.79 Å². The molecule has 0 radical (unpaired) electrons. The lowest BCUT2D eigenvalue weighted by atomic mass is 10.2. The van der Waals surface area contributed by atoms with Crippen LogP contribution in [0.3, 0.4) is 0 Å². The maximum absolute atomic E-state index is 11.8. The van der Waals surface area contributed by atoms with E-state index < -0.39 is 0 Å². The molecular weight excluding hydrogens is 242 g/mol. The molecule has 0 aromatic carbocycles. The van der Waals surface area contributed by atoms with Crippen molar-refractivity contribution in [3.63, 3.8) is 0 Å². The monoisotopic (exact) mass is 259 g/mol. The first-order chi connectivity index (χ1) is 9.06. The number of nitrogens with one attached hydrogen (secondary N) is 1. The molecule has 1 amide bonds. The van der Waals surface area contributed by atoms with E-state index in [0.29, 0.717) is 5.82 Å². The lowest BCUT2D eigenvalue weighted by Crippen LogP contribution is -2.33. The average Bonchev–Trinajstić information content (AvgIpc) is 2.77. The number of anilines is 1. The predicted octanol–water partition coefficient (Wildman–Crippen LogP) is 1.05. The van der Waals surface area contributed by atoms with E-state index in [-0.39, 0.29) is 18.5 Å². The standard InChI is InChI=1S/C13H17N5O/c1-9(2)17-13(19)7-18-8-15-6-11(18)10-3-4-12(14)16-5-10/h3-6,8-9H,7H2,1-2H3,(H2,14,16)(H,17,19). The molecular formula is C13H17N5O. The lowest BCUT2D eigenvalue weighted by molar-refractivity contribution is -0.122. The highest BCUT2D eigenvalue weighted by Gasteiger charge is 2.10. The Balaban J connectivity index is 2.18. The molecule has 2 rings (SSSR count). The van der Waals surface area contributed by atoms with E-state index in [4.69, 9.17) is 5.73 Å². The Morgan fingerprint density at radius 3 is 2.84 bits per heavy atom. The van der Waals surface area contributed by atoms with Gasteiger partial charge in [-0.2, -0.15) is 0 Å². The Morgan fingerprint density at radius 2 is 2.21 bits per heavy atom. The Morgan fingerprint density at radius 1 is 1.42 bits per heavy atom. The summed E-state index contributed by atoms with van der Waals surface area (Å²) >= 11 is 0. The molecule has 6 heteroatoms. The van der Waals surface area contributed by atoms with Crippen molar-refractivity contribution in [2.75, 3.05) is 5.73 Å². The first-order valence-electron chi connectivity index (χ1n) is 6.07. The van der Waals surface area contributed by atoms with E-state index in [2.05, 4.69) is 15.3 Å². The summed E-state index contributed by atoms with van der Waals surface area (Å²) in [6, 6.07) is 3.70. The fourth-order valence-electron chi connectivity index (χ4n) is 1.77. The van der Waals surface area contributed by atoms with Gasteiger partial charge >= 0.3 is 0 Å². The van der Waals surface area contributed by atoms with Crippen molar-refractivity contribution < 1.29 is 4.79 Å². The van der Waals surface area contributed by atoms with Gasteiger partial charge in [0.25, 0.3) is 0 Å². The van der Waals surface area contributed by atoms with Gasteiger partial charge in [0.2, 0.25) is 5.91 Å². The molecule has 0 atom stereocenters. The lowest BCUT2D eigenvalue weighted by Gasteiger charge is -2.11. The quantitative estimate of drug-likeness (QED) is 0.859. The smallest absolute Gasteiger partial charge is 0.240 e. The Hall–Kier alpha value is -2.37. The highest BCUT2D eigenvalue weighted by Crippen LogP contribution is 2.18. The molecule has 0 fully saturated rings. The van der Waals surface area contributed by atoms with Gasteiger partial charge in [0.15, 0.2) is 0 Å². The van der Waals surface area contributed by atoms with E-state index in [1.54, 1.807) is 29.4 Å². The SMILES string of the molecule is CC(C)NC(=O)Cn1cncc1-c1ccc(N)nc1. The second-order valence-electron chi connectivity index (χ2n) is 4.60. The van der Waals surface area contributed by atoms with Crippen LogP contribution in [-0.2, 0) is 11.3 Å². The largest absolute Gasteiger partial charge is 0.384 e. The van der Waals surface area contributed by atoms with Crippen LogP contribution in [0.2, 0.25) is 0 Å². The van der Waals surface area contributed by atoms with E-state index in [1.807, 2.05) is 19.9 Å². The van der Waals surface area contributed by atoms with Crippen LogP contribution in [0.15, 0.2) is 30.9 Å². The number of rotatable bonds is 4. The molecule has 0 aliphatic heterocycles. The predicted molar refractivity (Wildman–Crippen MR) is 73.1 cm³/mol. The minimum atomic E-state index is -0.0438. The summed E-state index contributed by atoms with van der Waals surface area (Å²) in [5, 5.41) is 2.85. The summed E-state index contributed by atoms with van der Waals surface area (Å²) in [6.45, 7) is 4.09. The third-order valence-corrected chi connectivity index (χ3v) is 2.56. The van der Waals surface area contributed by atoms with Gasteiger partial charge in [-0.3, -0.25) is 4.79 Å². The minimum Gasteiger partial charge on any atom is -0.384 e. The maximum Gasteiger partial charge on any atom is 0.240 e. The number of hydrogen-bond acceptors (Lipinski definition) is 4. The summed E-state index contributed by atoms with van der Waals surface area (Å²) in [5.41, 5.74) is 7.27. The minimum absolute atomic E-state index is 0.0438. The second kappa shape index (κ2) is 5.51. The van der Waals surface area contributed by atoms with Crippen LogP contribution in [0.5, 0.6) is 0 Å². The zero-order valence-corrected chi connectivity index (χ0v) is 11.0. The van der Waals surface area contributed by atoms with Gasteiger partial charge in [0.05, 0.1) is 18.2 Å². The van der Waals surface area contributed by atoms with E-state index >= 15 is 0 Å². The topological polar surface area (TPSA) is 85.8 Å². The zero-order valence-electron chi connectivity index (χ0n) is 11.0. The Labute approximate surface area is 111 Å². The molecule has 2 heterocycles. The van der Waals surface area contributed by atoms with Crippen molar-refractivity contribution in [2.45, 2.75) is 26.4 Å². The number of carbonyl (C=O) groups is 1. The number of pyridine rings is 1. The van der Waals surface area contributed by atoms with Crippen LogP contribution in [-0.4, -0.2) is 26.5 Å². The summed E-state index contributed by atoms with van der Waals surface area (Å²) in [4.78, 5) is 19.9. The van der Waals surface area contributed by atoms with Gasteiger partial charge in [0, 0.05) is 17.8 Å². The normalized spacial score (nSPS) is 10.7. The molecule has 2 aromatic rings. The van der Waals surface area contributed by atoms with Gasteiger partial charge in [0.1, 0.15) is 12.4 Å². The molecule has 0 aliphatic carbocycles. The van der Waals surface area contributed by atoms with E-state index in [1.165, 1.54) is 0 Å². The summed E-state index contributed by atoms with van der Waals surface area (Å²) < 4.78 is 1.78. The van der Waals surface area contributed by atoms with Crippen LogP contribution >= 0.6 is 0 Å². The van der Waals surface area contributed by atoms with Gasteiger partial charge in [-0.15, -0.1) is 0 Å². The van der Waals surface area contributed by atoms with Crippen molar-refractivity contribution in [2.24, 2.45) is 0 Å². The summed E-state index contributed by atoms with van der Waals surface area (Å²) in [6.07, 6.45) is 5.00. The van der Waals surface area contributed by atoms with Crippen molar-refractivity contribution >= 4 is 11.7 Å². The summed E-state index contributed by atoms with van der Waals surface area (Å²) in [5.74, 6) is 0.421. The third-order valence-electron chi connectivity index (χ3n) is 2.56. The molecule has 2 aromatic heterocycles. The van der Waals surface area contributed by atoms with E-state index in [0.717, 1.165) is 11.3 Å². The number of aromatic nitrogens is 3. The maximum atomic E-state index is 11.8. The molecule has 0 aliphatic rings. The van der Waals surface area contributed by atoms with Crippen molar-refractivity contribution in [1.29, 1.82) is 0 Å². The number of amides is 1. The van der Waals surface area contributed by atoms with Crippen molar-refractivity contribution in [1.82, 2.24) is 19.9 Å². The molecule has 0 bridgehead atoms. The molecule has 0 spiro atoms. The van der Waals surface area contributed by atoms with Crippen LogP contribution in [0.4, 0.5) is 5.82 Å². The Bertz CT molecular complexity index is 559. The highest BCUT2D eigenvalue weighted by atomic mass is 16.2. The van der Waals surface area contributed by atoms with Crippen LogP contribution in [0.1, 0.15) is 13.8 Å². The fourth-order valence-corrected chi connectivity index (χ4v) is 1.77. The second-order valence-corrected chi connectivity index (χ2v) is 4.60. The highest BCUT2D eigenvalue weighted by molar-refractivity contribution is 5.77. The molecule has 0 saturated heterocycles. The molecule has 3 N–H and O–H groups in total. The van der Waals surface area contributed by atoms with Gasteiger partial charge < -0.3 is 15.6 Å². The number of imidazole rings is 1. The molecule has 0 unspecified atom stereocenters. The third kappa shape index (κ3) is 3.31. The van der Waals surface area contributed by atoms with Crippen LogP contribution in [0, 0.1) is 0 Å². The molecule has 0 saturated carbocycles. The first kappa shape index (κ1) is 13.1. The summed E-state index contributed by atoms with van der Waals surface area (Å²) in [7, 11) is 0. The van der Waals surface area contributed by atoms with Gasteiger partial charge in [-0.05, 0) is 26.0 Å². The number of hydrogen-bond donors (Lipinski definition) is 2. The molecule has 100 valence electrons. The first-order valence-corrected chi connectivity index (χ1v) is 6.07. The molecule has 19 heavy (non-hydrogen) atoms. The number of nitrogens with zero attached hydrogens (tertiary/aromatic N) is 3. The van der Waals surface area contributed by atoms with Crippen molar-refractivity contribution in [3.8, 4) is 11.3 Å². The van der Waals surface area contributed by atoms with Gasteiger partial charge in [-0.25, -0.2) is 9.97 Å². The number of carbonyl (C=O) groups excluding carboxylic acids is 1. The fraction of sp³-hybridized carbons (Fsp3) is 0.308. The van der Waals surface area contributed by atoms with Gasteiger partial charge in [-0.1, -0.05) is 0 Å². The zero-order chi connectivity index (χ0) is 13.8.